The lowest BCUT2D eigenvalue weighted by atomic mass is 10.1. The fourth-order valence-corrected chi connectivity index (χ4v) is 2.03. The Morgan fingerprint density at radius 2 is 2.14 bits per heavy atom. The smallest absolute Gasteiger partial charge is 0.222 e. The number of carbonyl (C=O) groups excluding carboxylic acids is 1. The Kier molecular flexibility index (Phi) is 6.39. The Labute approximate surface area is 130 Å². The van der Waals surface area contributed by atoms with Crippen LogP contribution in [0.5, 0.6) is 0 Å². The van der Waals surface area contributed by atoms with E-state index in [2.05, 4.69) is 10.4 Å². The number of nitrogens with zero attached hydrogens (tertiary/aromatic N) is 2. The van der Waals surface area contributed by atoms with E-state index in [0.29, 0.717) is 6.42 Å². The van der Waals surface area contributed by atoms with Crippen molar-refractivity contribution in [3.05, 3.63) is 48.3 Å². The van der Waals surface area contributed by atoms with E-state index in [0.717, 1.165) is 11.3 Å². The van der Waals surface area contributed by atoms with Crippen LogP contribution < -0.4 is 11.1 Å². The number of halogens is 1. The molecule has 0 bridgehead atoms. The summed E-state index contributed by atoms with van der Waals surface area (Å²) in [5, 5.41) is 7.15. The number of carbonyl (C=O) groups is 1. The minimum atomic E-state index is -0.127. The van der Waals surface area contributed by atoms with Gasteiger partial charge in [0.05, 0.1) is 11.7 Å². The molecule has 1 aromatic carbocycles. The number of hydrogen-bond donors (Lipinski definition) is 2. The molecule has 5 nitrogen and oxygen atoms in total. The van der Waals surface area contributed by atoms with Gasteiger partial charge in [-0.1, -0.05) is 12.1 Å². The van der Waals surface area contributed by atoms with Crippen LogP contribution in [0, 0.1) is 0 Å². The molecule has 21 heavy (non-hydrogen) atoms. The number of amides is 1. The number of rotatable bonds is 5. The summed E-state index contributed by atoms with van der Waals surface area (Å²) in [5.74, 6) is -0.0306. The summed E-state index contributed by atoms with van der Waals surface area (Å²) in [6, 6.07) is 9.64. The molecule has 6 heteroatoms. The Bertz CT molecular complexity index is 569. The average molecular weight is 309 g/mol. The summed E-state index contributed by atoms with van der Waals surface area (Å²) in [5.41, 5.74) is 7.63. The lowest BCUT2D eigenvalue weighted by molar-refractivity contribution is -0.122. The molecule has 0 saturated heterocycles. The summed E-state index contributed by atoms with van der Waals surface area (Å²) in [4.78, 5) is 11.7. The van der Waals surface area contributed by atoms with Crippen molar-refractivity contribution in [2.24, 2.45) is 5.73 Å². The van der Waals surface area contributed by atoms with Crippen LogP contribution in [0.4, 0.5) is 0 Å². The van der Waals surface area contributed by atoms with Gasteiger partial charge in [-0.15, -0.1) is 12.4 Å². The van der Waals surface area contributed by atoms with Crippen LogP contribution in [0.3, 0.4) is 0 Å². The maximum Gasteiger partial charge on any atom is 0.222 e. The van der Waals surface area contributed by atoms with Gasteiger partial charge < -0.3 is 11.1 Å². The summed E-state index contributed by atoms with van der Waals surface area (Å²) < 4.78 is 1.79. The molecule has 0 spiro atoms. The fourth-order valence-electron chi connectivity index (χ4n) is 2.03. The molecule has 0 radical (unpaired) electrons. The van der Waals surface area contributed by atoms with E-state index < -0.39 is 0 Å². The first-order valence-corrected chi connectivity index (χ1v) is 6.71. The topological polar surface area (TPSA) is 72.9 Å². The first-order valence-electron chi connectivity index (χ1n) is 6.71. The van der Waals surface area contributed by atoms with Crippen LogP contribution in [0.2, 0.25) is 0 Å². The van der Waals surface area contributed by atoms with Gasteiger partial charge >= 0.3 is 0 Å². The minimum Gasteiger partial charge on any atom is -0.350 e. The van der Waals surface area contributed by atoms with Gasteiger partial charge in [0.25, 0.3) is 0 Å². The summed E-state index contributed by atoms with van der Waals surface area (Å²) in [6.45, 7) is 3.78. The zero-order valence-corrected chi connectivity index (χ0v) is 13.0. The van der Waals surface area contributed by atoms with E-state index in [1.807, 2.05) is 50.4 Å². The van der Waals surface area contributed by atoms with Gasteiger partial charge in [-0.05, 0) is 37.6 Å². The first-order chi connectivity index (χ1) is 9.56. The molecule has 0 aliphatic heterocycles. The van der Waals surface area contributed by atoms with Gasteiger partial charge in [0, 0.05) is 24.9 Å². The lowest BCUT2D eigenvalue weighted by Gasteiger charge is -2.16. The predicted octanol–water partition coefficient (Wildman–Crippen LogP) is 2.21. The van der Waals surface area contributed by atoms with E-state index in [1.54, 1.807) is 10.9 Å². The van der Waals surface area contributed by atoms with Crippen molar-refractivity contribution in [3.63, 3.8) is 0 Å². The number of aromatic nitrogens is 2. The van der Waals surface area contributed by atoms with Crippen molar-refractivity contribution >= 4 is 18.3 Å². The molecule has 0 saturated carbocycles. The fraction of sp³-hybridized carbons (Fsp3) is 0.333. The highest BCUT2D eigenvalue weighted by atomic mass is 35.5. The van der Waals surface area contributed by atoms with E-state index >= 15 is 0 Å². The van der Waals surface area contributed by atoms with E-state index in [1.165, 1.54) is 0 Å². The van der Waals surface area contributed by atoms with Gasteiger partial charge in [-0.3, -0.25) is 4.79 Å². The molecule has 2 rings (SSSR count). The molecule has 0 aliphatic rings. The SMILES string of the molecule is CC(N)CC(=O)NC(C)c1cccc(-n2cccn2)c1.Cl. The highest BCUT2D eigenvalue weighted by Crippen LogP contribution is 2.16. The van der Waals surface area contributed by atoms with Crippen LogP contribution in [0.25, 0.3) is 5.69 Å². The number of nitrogens with two attached hydrogens (primary N) is 1. The van der Waals surface area contributed by atoms with Crippen LogP contribution in [-0.4, -0.2) is 21.7 Å². The molecule has 2 atom stereocenters. The standard InChI is InChI=1S/C15H20N4O.ClH/c1-11(16)9-15(20)18-12(2)13-5-3-6-14(10-13)19-8-4-7-17-19;/h3-8,10-12H,9,16H2,1-2H3,(H,18,20);1H. The molecular formula is C15H21ClN4O. The third-order valence-electron chi connectivity index (χ3n) is 3.02. The third kappa shape index (κ3) is 4.88. The second kappa shape index (κ2) is 7.81. The van der Waals surface area contributed by atoms with E-state index in [9.17, 15) is 4.79 Å². The van der Waals surface area contributed by atoms with Crippen LogP contribution >= 0.6 is 12.4 Å². The van der Waals surface area contributed by atoms with E-state index in [4.69, 9.17) is 5.73 Å². The highest BCUT2D eigenvalue weighted by molar-refractivity contribution is 5.85. The quantitative estimate of drug-likeness (QED) is 0.889. The average Bonchev–Trinajstić information content (AvgIpc) is 2.91. The predicted molar refractivity (Wildman–Crippen MR) is 85.6 cm³/mol. The molecule has 114 valence electrons. The van der Waals surface area contributed by atoms with E-state index in [-0.39, 0.29) is 30.4 Å². The molecule has 2 unspecified atom stereocenters. The van der Waals surface area contributed by atoms with Crippen LogP contribution in [0.1, 0.15) is 31.9 Å². The van der Waals surface area contributed by atoms with Crippen molar-refractivity contribution in [1.29, 1.82) is 0 Å². The Balaban J connectivity index is 0.00000220. The third-order valence-corrected chi connectivity index (χ3v) is 3.02. The zero-order chi connectivity index (χ0) is 14.5. The molecular weight excluding hydrogens is 288 g/mol. The van der Waals surface area contributed by atoms with Crippen molar-refractivity contribution in [2.45, 2.75) is 32.4 Å². The molecule has 0 aliphatic carbocycles. The second-order valence-electron chi connectivity index (χ2n) is 5.02. The number of nitrogens with one attached hydrogen (secondary N) is 1. The van der Waals surface area contributed by atoms with Gasteiger partial charge in [-0.2, -0.15) is 5.10 Å². The van der Waals surface area contributed by atoms with Gasteiger partial charge in [0.2, 0.25) is 5.91 Å². The van der Waals surface area contributed by atoms with Crippen molar-refractivity contribution in [3.8, 4) is 5.69 Å². The Morgan fingerprint density at radius 3 is 2.76 bits per heavy atom. The molecule has 1 aromatic heterocycles. The number of hydrogen-bond acceptors (Lipinski definition) is 3. The van der Waals surface area contributed by atoms with Gasteiger partial charge in [0.1, 0.15) is 0 Å². The lowest BCUT2D eigenvalue weighted by Crippen LogP contribution is -2.31. The monoisotopic (exact) mass is 308 g/mol. The largest absolute Gasteiger partial charge is 0.350 e. The Hall–Kier alpha value is -1.85. The van der Waals surface area contributed by atoms with Crippen molar-refractivity contribution in [1.82, 2.24) is 15.1 Å². The summed E-state index contributed by atoms with van der Waals surface area (Å²) >= 11 is 0. The maximum absolute atomic E-state index is 11.7. The minimum absolute atomic E-state index is 0. The maximum atomic E-state index is 11.7. The van der Waals surface area contributed by atoms with Gasteiger partial charge in [0.15, 0.2) is 0 Å². The zero-order valence-electron chi connectivity index (χ0n) is 12.2. The van der Waals surface area contributed by atoms with Crippen molar-refractivity contribution in [2.75, 3.05) is 0 Å². The first kappa shape index (κ1) is 17.2. The molecule has 1 heterocycles. The number of benzene rings is 1. The molecule has 3 N–H and O–H groups in total. The summed E-state index contributed by atoms with van der Waals surface area (Å²) in [6.07, 6.45) is 3.96. The van der Waals surface area contributed by atoms with Gasteiger partial charge in [-0.25, -0.2) is 4.68 Å². The molecule has 2 aromatic rings. The summed E-state index contributed by atoms with van der Waals surface area (Å²) in [7, 11) is 0. The molecule has 1 amide bonds. The second-order valence-corrected chi connectivity index (χ2v) is 5.02. The van der Waals surface area contributed by atoms with Crippen molar-refractivity contribution < 1.29 is 4.79 Å². The van der Waals surface area contributed by atoms with Crippen LogP contribution in [-0.2, 0) is 4.79 Å². The Morgan fingerprint density at radius 1 is 1.38 bits per heavy atom. The molecule has 0 fully saturated rings. The highest BCUT2D eigenvalue weighted by Gasteiger charge is 2.11. The van der Waals surface area contributed by atoms with Crippen LogP contribution in [0.15, 0.2) is 42.7 Å². The normalized spacial score (nSPS) is 13.1.